The Balaban J connectivity index is 1.46. The molecule has 1 aliphatic rings. The topological polar surface area (TPSA) is 78.8 Å². The minimum atomic E-state index is -0.434. The van der Waals surface area contributed by atoms with Crippen LogP contribution in [-0.4, -0.2) is 36.4 Å². The summed E-state index contributed by atoms with van der Waals surface area (Å²) in [6, 6.07) is 8.27. The maximum absolute atomic E-state index is 13.0. The van der Waals surface area contributed by atoms with Gasteiger partial charge in [0, 0.05) is 47.4 Å². The van der Waals surface area contributed by atoms with Crippen LogP contribution in [-0.2, 0) is 23.1 Å². The van der Waals surface area contributed by atoms with E-state index in [0.717, 1.165) is 64.7 Å². The number of aryl methyl sites for hydroxylation is 1. The van der Waals surface area contributed by atoms with Gasteiger partial charge in [0.15, 0.2) is 11.5 Å². The van der Waals surface area contributed by atoms with Gasteiger partial charge in [-0.15, -0.1) is 11.3 Å². The van der Waals surface area contributed by atoms with Crippen molar-refractivity contribution in [3.05, 3.63) is 45.7 Å². The molecule has 1 aromatic carbocycles. The van der Waals surface area contributed by atoms with Crippen molar-refractivity contribution < 1.29 is 19.0 Å². The van der Waals surface area contributed by atoms with E-state index in [1.807, 2.05) is 51.2 Å². The molecule has 2 heterocycles. The van der Waals surface area contributed by atoms with E-state index in [4.69, 9.17) is 14.2 Å². The second-order valence-electron chi connectivity index (χ2n) is 11.2. The van der Waals surface area contributed by atoms with Gasteiger partial charge in [0.25, 0.3) is 5.56 Å². The zero-order valence-electron chi connectivity index (χ0n) is 23.4. The van der Waals surface area contributed by atoms with Crippen molar-refractivity contribution in [1.82, 2.24) is 9.88 Å². The second-order valence-corrected chi connectivity index (χ2v) is 12.4. The van der Waals surface area contributed by atoms with Crippen LogP contribution in [0.1, 0.15) is 64.2 Å². The van der Waals surface area contributed by atoms with E-state index >= 15 is 0 Å². The van der Waals surface area contributed by atoms with Gasteiger partial charge < -0.3 is 24.1 Å². The average molecular weight is 541 g/mol. The van der Waals surface area contributed by atoms with Crippen LogP contribution in [0.15, 0.2) is 35.3 Å². The number of carbonyl (C=O) groups is 1. The minimum Gasteiger partial charge on any atom is -0.493 e. The van der Waals surface area contributed by atoms with Crippen molar-refractivity contribution in [2.45, 2.75) is 77.5 Å². The molecule has 2 aromatic heterocycles. The number of nitrogens with zero attached hydrogens (tertiary/aromatic N) is 1. The first-order valence-corrected chi connectivity index (χ1v) is 14.2. The van der Waals surface area contributed by atoms with Crippen LogP contribution >= 0.6 is 11.3 Å². The molecule has 3 aromatic rings. The Morgan fingerprint density at radius 1 is 1.08 bits per heavy atom. The summed E-state index contributed by atoms with van der Waals surface area (Å²) in [7, 11) is 5.04. The zero-order chi connectivity index (χ0) is 27.4. The first kappa shape index (κ1) is 28.2. The Hall–Kier alpha value is -2.84. The third-order valence-electron chi connectivity index (χ3n) is 7.12. The second kappa shape index (κ2) is 11.9. The number of methoxy groups -OCH3 is 2. The number of pyridine rings is 1. The SMILES string of the molecule is COc1ccc(-c2cn(C)c(=O)c3cc(CNC4CCCC(CC(=O)OC(C)(C)C)CC4)sc23)cc1OC. The number of ether oxygens (including phenoxy) is 3. The van der Waals surface area contributed by atoms with Crippen LogP contribution in [0.2, 0.25) is 0 Å². The van der Waals surface area contributed by atoms with E-state index in [1.165, 1.54) is 0 Å². The molecule has 1 aliphatic carbocycles. The lowest BCUT2D eigenvalue weighted by Crippen LogP contribution is -2.28. The van der Waals surface area contributed by atoms with Gasteiger partial charge in [-0.25, -0.2) is 0 Å². The molecule has 2 atom stereocenters. The molecule has 0 bridgehead atoms. The van der Waals surface area contributed by atoms with E-state index in [0.29, 0.717) is 29.9 Å². The van der Waals surface area contributed by atoms with Crippen molar-refractivity contribution >= 4 is 27.4 Å². The number of thiophene rings is 1. The van der Waals surface area contributed by atoms with Crippen LogP contribution in [0.5, 0.6) is 11.5 Å². The summed E-state index contributed by atoms with van der Waals surface area (Å²) in [5.74, 6) is 1.62. The molecule has 1 saturated carbocycles. The molecule has 38 heavy (non-hydrogen) atoms. The maximum Gasteiger partial charge on any atom is 0.306 e. The predicted molar refractivity (Wildman–Crippen MR) is 153 cm³/mol. The molecule has 8 heteroatoms. The standard InChI is InChI=1S/C30H40N2O5S/c1-30(2,3)37-27(33)14-19-8-7-9-21(12-10-19)31-17-22-16-23-28(38-22)24(18-32(4)29(23)34)20-11-13-25(35-5)26(15-20)36-6/h11,13,15-16,18-19,21,31H,7-10,12,14,17H2,1-6H3. The number of hydrogen-bond acceptors (Lipinski definition) is 7. The van der Waals surface area contributed by atoms with Crippen molar-refractivity contribution in [2.75, 3.05) is 14.2 Å². The molecule has 0 spiro atoms. The molecule has 206 valence electrons. The quantitative estimate of drug-likeness (QED) is 0.277. The molecule has 0 aliphatic heterocycles. The summed E-state index contributed by atoms with van der Waals surface area (Å²) in [6.07, 6.45) is 7.71. The molecule has 1 N–H and O–H groups in total. The Kier molecular flexibility index (Phi) is 8.83. The Morgan fingerprint density at radius 2 is 1.84 bits per heavy atom. The third kappa shape index (κ3) is 6.77. The van der Waals surface area contributed by atoms with E-state index in [-0.39, 0.29) is 11.5 Å². The van der Waals surface area contributed by atoms with E-state index in [9.17, 15) is 9.59 Å². The molecular weight excluding hydrogens is 500 g/mol. The zero-order valence-corrected chi connectivity index (χ0v) is 24.2. The molecule has 2 unspecified atom stereocenters. The lowest BCUT2D eigenvalue weighted by molar-refractivity contribution is -0.156. The van der Waals surface area contributed by atoms with Crippen molar-refractivity contribution in [3.8, 4) is 22.6 Å². The summed E-state index contributed by atoms with van der Waals surface area (Å²) in [4.78, 5) is 26.4. The Morgan fingerprint density at radius 3 is 2.55 bits per heavy atom. The summed E-state index contributed by atoms with van der Waals surface area (Å²) in [6.45, 7) is 6.46. The normalized spacial score (nSPS) is 18.3. The van der Waals surface area contributed by atoms with Crippen LogP contribution in [0.25, 0.3) is 21.2 Å². The van der Waals surface area contributed by atoms with E-state index < -0.39 is 5.60 Å². The average Bonchev–Trinajstić information content (AvgIpc) is 3.17. The molecule has 7 nitrogen and oxygen atoms in total. The lowest BCUT2D eigenvalue weighted by Gasteiger charge is -2.21. The molecule has 1 fully saturated rings. The van der Waals surface area contributed by atoms with Crippen LogP contribution < -0.4 is 20.3 Å². The van der Waals surface area contributed by atoms with Crippen LogP contribution in [0.4, 0.5) is 0 Å². The number of fused-ring (bicyclic) bond motifs is 1. The summed E-state index contributed by atoms with van der Waals surface area (Å²) in [5.41, 5.74) is 1.55. The Bertz CT molecular complexity index is 1340. The maximum atomic E-state index is 13.0. The number of carbonyl (C=O) groups excluding carboxylic acids is 1. The molecule has 0 amide bonds. The van der Waals surface area contributed by atoms with Gasteiger partial charge in [-0.1, -0.05) is 12.5 Å². The fraction of sp³-hybridized carbons (Fsp3) is 0.533. The van der Waals surface area contributed by atoms with Gasteiger partial charge in [0.1, 0.15) is 5.60 Å². The van der Waals surface area contributed by atoms with Crippen molar-refractivity contribution in [1.29, 1.82) is 0 Å². The number of hydrogen-bond donors (Lipinski definition) is 1. The highest BCUT2D eigenvalue weighted by molar-refractivity contribution is 7.19. The van der Waals surface area contributed by atoms with Crippen molar-refractivity contribution in [2.24, 2.45) is 13.0 Å². The summed E-state index contributed by atoms with van der Waals surface area (Å²) < 4.78 is 19.1. The first-order chi connectivity index (χ1) is 18.1. The van der Waals surface area contributed by atoms with Gasteiger partial charge in [-0.3, -0.25) is 9.59 Å². The molecule has 4 rings (SSSR count). The van der Waals surface area contributed by atoms with Crippen molar-refractivity contribution in [3.63, 3.8) is 0 Å². The lowest BCUT2D eigenvalue weighted by atomic mass is 9.96. The van der Waals surface area contributed by atoms with Gasteiger partial charge in [0.05, 0.1) is 19.6 Å². The minimum absolute atomic E-state index is 0.00572. The number of rotatable bonds is 8. The first-order valence-electron chi connectivity index (χ1n) is 13.4. The third-order valence-corrected chi connectivity index (χ3v) is 8.29. The van der Waals surface area contributed by atoms with Gasteiger partial charge in [0.2, 0.25) is 0 Å². The van der Waals surface area contributed by atoms with Crippen LogP contribution in [0.3, 0.4) is 0 Å². The number of aromatic nitrogens is 1. The monoisotopic (exact) mass is 540 g/mol. The van der Waals surface area contributed by atoms with Gasteiger partial charge in [-0.05, 0) is 76.1 Å². The number of esters is 1. The highest BCUT2D eigenvalue weighted by Crippen LogP contribution is 2.37. The van der Waals surface area contributed by atoms with Gasteiger partial charge in [-0.2, -0.15) is 0 Å². The Labute approximate surface area is 229 Å². The summed E-state index contributed by atoms with van der Waals surface area (Å²) in [5, 5.41) is 4.46. The summed E-state index contributed by atoms with van der Waals surface area (Å²) >= 11 is 1.66. The molecule has 0 saturated heterocycles. The largest absolute Gasteiger partial charge is 0.493 e. The smallest absolute Gasteiger partial charge is 0.306 e. The molecular formula is C30H40N2O5S. The highest BCUT2D eigenvalue weighted by atomic mass is 32.1. The van der Waals surface area contributed by atoms with E-state index in [1.54, 1.807) is 37.2 Å². The fourth-order valence-electron chi connectivity index (χ4n) is 5.25. The molecule has 0 radical (unpaired) electrons. The predicted octanol–water partition coefficient (Wildman–Crippen LogP) is 6.05. The van der Waals surface area contributed by atoms with Crippen LogP contribution in [0, 0.1) is 5.92 Å². The van der Waals surface area contributed by atoms with E-state index in [2.05, 4.69) is 5.32 Å². The number of benzene rings is 1. The van der Waals surface area contributed by atoms with Gasteiger partial charge >= 0.3 is 5.97 Å². The number of nitrogens with one attached hydrogen (secondary N) is 1. The highest BCUT2D eigenvalue weighted by Gasteiger charge is 2.24. The fourth-order valence-corrected chi connectivity index (χ4v) is 6.38.